The molecule has 0 aromatic heterocycles. The molecule has 1 saturated heterocycles. The number of rotatable bonds is 5. The quantitative estimate of drug-likeness (QED) is 0.786. The molecule has 1 unspecified atom stereocenters. The predicted octanol–water partition coefficient (Wildman–Crippen LogP) is 1.01. The van der Waals surface area contributed by atoms with Gasteiger partial charge in [-0.05, 0) is 12.0 Å². The summed E-state index contributed by atoms with van der Waals surface area (Å²) in [6.45, 7) is 1.19. The number of benzene rings is 1. The Labute approximate surface area is 116 Å². The Hall–Kier alpha value is -2.37. The minimum Gasteiger partial charge on any atom is -0.480 e. The first-order chi connectivity index (χ1) is 9.48. The van der Waals surface area contributed by atoms with Crippen LogP contribution in [0.1, 0.15) is 18.9 Å². The molecule has 1 atom stereocenters. The maximum Gasteiger partial charge on any atom is 0.325 e. The van der Waals surface area contributed by atoms with Crippen LogP contribution in [-0.4, -0.2) is 40.0 Å². The van der Waals surface area contributed by atoms with Gasteiger partial charge in [-0.15, -0.1) is 0 Å². The number of amides is 3. The number of carboxylic acid groups (broad SMARTS) is 1. The van der Waals surface area contributed by atoms with Gasteiger partial charge in [-0.1, -0.05) is 37.3 Å². The van der Waals surface area contributed by atoms with E-state index in [4.69, 9.17) is 5.11 Å². The van der Waals surface area contributed by atoms with Gasteiger partial charge in [0.1, 0.15) is 12.1 Å². The molecule has 3 amide bonds. The van der Waals surface area contributed by atoms with Crippen LogP contribution in [0.15, 0.2) is 30.3 Å². The van der Waals surface area contributed by atoms with Crippen molar-refractivity contribution in [1.29, 1.82) is 0 Å². The Kier molecular flexibility index (Phi) is 3.74. The number of carbonyl (C=O) groups excluding carboxylic acids is 2. The molecule has 1 aromatic rings. The minimum absolute atomic E-state index is 0.352. The zero-order valence-corrected chi connectivity index (χ0v) is 11.1. The van der Waals surface area contributed by atoms with Gasteiger partial charge in [0.05, 0.1) is 0 Å². The molecule has 1 aliphatic rings. The van der Waals surface area contributed by atoms with Crippen LogP contribution < -0.4 is 5.32 Å². The number of aliphatic carboxylic acids is 1. The molecular formula is C14H16N2O4. The highest BCUT2D eigenvalue weighted by Gasteiger charge is 2.50. The molecule has 1 aromatic carbocycles. The van der Waals surface area contributed by atoms with E-state index in [2.05, 4.69) is 5.32 Å². The van der Waals surface area contributed by atoms with Crippen molar-refractivity contribution >= 4 is 17.9 Å². The molecule has 1 heterocycles. The van der Waals surface area contributed by atoms with Crippen LogP contribution >= 0.6 is 0 Å². The number of nitrogens with zero attached hydrogens (tertiary/aromatic N) is 1. The van der Waals surface area contributed by atoms with Gasteiger partial charge in [-0.3, -0.25) is 14.5 Å². The molecular weight excluding hydrogens is 260 g/mol. The second-order valence-electron chi connectivity index (χ2n) is 4.81. The van der Waals surface area contributed by atoms with Crippen molar-refractivity contribution in [3.8, 4) is 0 Å². The van der Waals surface area contributed by atoms with E-state index in [0.29, 0.717) is 12.8 Å². The van der Waals surface area contributed by atoms with Crippen molar-refractivity contribution in [1.82, 2.24) is 10.2 Å². The summed E-state index contributed by atoms with van der Waals surface area (Å²) >= 11 is 0. The van der Waals surface area contributed by atoms with E-state index in [-0.39, 0.29) is 0 Å². The van der Waals surface area contributed by atoms with Crippen LogP contribution in [0.2, 0.25) is 0 Å². The molecule has 2 N–H and O–H groups in total. The average Bonchev–Trinajstić information content (AvgIpc) is 2.64. The summed E-state index contributed by atoms with van der Waals surface area (Å²) in [5.74, 6) is -1.68. The first-order valence-corrected chi connectivity index (χ1v) is 6.38. The van der Waals surface area contributed by atoms with Gasteiger partial charge >= 0.3 is 12.0 Å². The maximum absolute atomic E-state index is 12.4. The molecule has 0 radical (unpaired) electrons. The molecule has 6 nitrogen and oxygen atoms in total. The number of hydrogen-bond donors (Lipinski definition) is 2. The highest BCUT2D eigenvalue weighted by Crippen LogP contribution is 2.25. The minimum atomic E-state index is -1.21. The summed E-state index contributed by atoms with van der Waals surface area (Å²) in [6, 6.07) is 8.68. The zero-order valence-electron chi connectivity index (χ0n) is 11.1. The molecule has 1 fully saturated rings. The number of carbonyl (C=O) groups is 3. The summed E-state index contributed by atoms with van der Waals surface area (Å²) in [4.78, 5) is 35.7. The Morgan fingerprint density at radius 1 is 1.30 bits per heavy atom. The summed E-state index contributed by atoms with van der Waals surface area (Å²) in [5, 5.41) is 11.4. The van der Waals surface area contributed by atoms with Crippen molar-refractivity contribution in [2.45, 2.75) is 25.3 Å². The first kappa shape index (κ1) is 14.0. The lowest BCUT2D eigenvalue weighted by Gasteiger charge is -2.25. The molecule has 0 saturated carbocycles. The van der Waals surface area contributed by atoms with E-state index in [9.17, 15) is 14.4 Å². The van der Waals surface area contributed by atoms with E-state index in [1.165, 1.54) is 0 Å². The summed E-state index contributed by atoms with van der Waals surface area (Å²) in [5.41, 5.74) is -0.131. The van der Waals surface area contributed by atoms with E-state index < -0.39 is 30.0 Å². The number of hydrogen-bond acceptors (Lipinski definition) is 3. The highest BCUT2D eigenvalue weighted by molar-refractivity contribution is 6.08. The van der Waals surface area contributed by atoms with Crippen LogP contribution in [0, 0.1) is 0 Å². The molecule has 0 spiro atoms. The van der Waals surface area contributed by atoms with Crippen LogP contribution in [0.4, 0.5) is 4.79 Å². The lowest BCUT2D eigenvalue weighted by molar-refractivity contribution is -0.142. The Morgan fingerprint density at radius 2 is 1.95 bits per heavy atom. The molecule has 0 aliphatic carbocycles. The second kappa shape index (κ2) is 5.32. The molecule has 0 bridgehead atoms. The molecule has 1 aliphatic heterocycles. The third-order valence-corrected chi connectivity index (χ3v) is 3.49. The molecule has 6 heteroatoms. The van der Waals surface area contributed by atoms with Crippen LogP contribution in [0.5, 0.6) is 0 Å². The van der Waals surface area contributed by atoms with Crippen LogP contribution in [-0.2, 0) is 16.0 Å². The molecule has 2 rings (SSSR count). The van der Waals surface area contributed by atoms with Crippen molar-refractivity contribution in [3.63, 3.8) is 0 Å². The normalized spacial score (nSPS) is 21.9. The van der Waals surface area contributed by atoms with Crippen molar-refractivity contribution in [2.24, 2.45) is 0 Å². The van der Waals surface area contributed by atoms with Gasteiger partial charge in [0.2, 0.25) is 0 Å². The highest BCUT2D eigenvalue weighted by atomic mass is 16.4. The van der Waals surface area contributed by atoms with Gasteiger partial charge in [0.25, 0.3) is 5.91 Å². The lowest BCUT2D eigenvalue weighted by Crippen LogP contribution is -2.48. The zero-order chi connectivity index (χ0) is 14.8. The summed E-state index contributed by atoms with van der Waals surface area (Å²) in [7, 11) is 0. The van der Waals surface area contributed by atoms with E-state index in [1.54, 1.807) is 6.92 Å². The summed E-state index contributed by atoms with van der Waals surface area (Å²) in [6.07, 6.45) is 0.758. The largest absolute Gasteiger partial charge is 0.480 e. The van der Waals surface area contributed by atoms with E-state index in [1.807, 2.05) is 30.3 Å². The van der Waals surface area contributed by atoms with Crippen molar-refractivity contribution in [3.05, 3.63) is 35.9 Å². The fourth-order valence-corrected chi connectivity index (χ4v) is 2.38. The van der Waals surface area contributed by atoms with E-state index in [0.717, 1.165) is 10.5 Å². The Morgan fingerprint density at radius 3 is 2.50 bits per heavy atom. The lowest BCUT2D eigenvalue weighted by atomic mass is 9.88. The number of nitrogens with one attached hydrogen (secondary N) is 1. The topological polar surface area (TPSA) is 86.7 Å². The van der Waals surface area contributed by atoms with Gasteiger partial charge in [-0.25, -0.2) is 4.79 Å². The number of urea groups is 1. The monoisotopic (exact) mass is 276 g/mol. The maximum atomic E-state index is 12.4. The molecule has 20 heavy (non-hydrogen) atoms. The fraction of sp³-hybridized carbons (Fsp3) is 0.357. The first-order valence-electron chi connectivity index (χ1n) is 6.38. The van der Waals surface area contributed by atoms with E-state index >= 15 is 0 Å². The Balaban J connectivity index is 2.25. The van der Waals surface area contributed by atoms with Gasteiger partial charge in [-0.2, -0.15) is 0 Å². The molecule has 106 valence electrons. The number of carboxylic acids is 1. The fourth-order valence-electron chi connectivity index (χ4n) is 2.38. The van der Waals surface area contributed by atoms with Crippen LogP contribution in [0.3, 0.4) is 0 Å². The third-order valence-electron chi connectivity index (χ3n) is 3.49. The van der Waals surface area contributed by atoms with Crippen LogP contribution in [0.25, 0.3) is 0 Å². The Bertz CT molecular complexity index is 543. The second-order valence-corrected chi connectivity index (χ2v) is 4.81. The SMILES string of the molecule is CCC1(Cc2ccccc2)NC(=O)N(CC(=O)O)C1=O. The van der Waals surface area contributed by atoms with Crippen molar-refractivity contribution < 1.29 is 19.5 Å². The third kappa shape index (κ3) is 2.49. The van der Waals surface area contributed by atoms with Gasteiger partial charge in [0.15, 0.2) is 0 Å². The standard InChI is InChI=1S/C14H16N2O4/c1-2-14(8-10-6-4-3-5-7-10)12(19)16(9-11(17)18)13(20)15-14/h3-7H,2,8-9H2,1H3,(H,15,20)(H,17,18). The van der Waals surface area contributed by atoms with Crippen molar-refractivity contribution in [2.75, 3.05) is 6.54 Å². The van der Waals surface area contributed by atoms with Gasteiger partial charge in [0, 0.05) is 6.42 Å². The summed E-state index contributed by atoms with van der Waals surface area (Å²) < 4.78 is 0. The average molecular weight is 276 g/mol. The number of imide groups is 1. The smallest absolute Gasteiger partial charge is 0.325 e. The van der Waals surface area contributed by atoms with Gasteiger partial charge < -0.3 is 10.4 Å². The predicted molar refractivity (Wildman–Crippen MR) is 71.0 cm³/mol.